The molecule has 2 aromatic heterocycles. The Balaban J connectivity index is 0.000000175. The summed E-state index contributed by atoms with van der Waals surface area (Å²) in [5.41, 5.74) is -6.53. The van der Waals surface area contributed by atoms with Gasteiger partial charge in [-0.25, -0.2) is 32.3 Å². The molecule has 0 N–H and O–H groups in total. The second-order valence-electron chi connectivity index (χ2n) is 23.3. The zero-order chi connectivity index (χ0) is 69.9. The highest BCUT2D eigenvalue weighted by Gasteiger charge is 2.50. The summed E-state index contributed by atoms with van der Waals surface area (Å²) in [5.74, 6) is -0.349. The lowest BCUT2D eigenvalue weighted by molar-refractivity contribution is -0.0500. The van der Waals surface area contributed by atoms with Crippen molar-refractivity contribution in [3.63, 3.8) is 0 Å². The molecule has 512 valence electrons. The molecule has 4 atom stereocenters. The number of ether oxygens (including phenoxy) is 6. The van der Waals surface area contributed by atoms with Gasteiger partial charge in [0, 0.05) is 55.9 Å². The van der Waals surface area contributed by atoms with Crippen molar-refractivity contribution in [2.24, 2.45) is 5.92 Å². The summed E-state index contributed by atoms with van der Waals surface area (Å²) in [6, 6.07) is 27.1. The van der Waals surface area contributed by atoms with Crippen molar-refractivity contribution in [2.75, 3.05) is 33.4 Å². The van der Waals surface area contributed by atoms with Gasteiger partial charge in [0.25, 0.3) is 0 Å². The number of nitrogens with zero attached hydrogens (tertiary/aromatic N) is 4. The van der Waals surface area contributed by atoms with Crippen LogP contribution in [0.1, 0.15) is 127 Å². The van der Waals surface area contributed by atoms with Gasteiger partial charge in [-0.2, -0.15) is 26.0 Å². The van der Waals surface area contributed by atoms with Crippen molar-refractivity contribution in [3.05, 3.63) is 187 Å². The van der Waals surface area contributed by atoms with Crippen molar-refractivity contribution >= 4 is 56.0 Å². The fraction of sp³-hybridized carbons (Fsp3) is 0.371. The number of carbonyl (C=O) groups excluding carboxylic acids is 4. The number of rotatable bonds is 18. The number of benzene rings is 5. The third kappa shape index (κ3) is 17.2. The summed E-state index contributed by atoms with van der Waals surface area (Å²) in [6.07, 6.45) is 11.4. The highest BCUT2D eigenvalue weighted by molar-refractivity contribution is 7.88. The Labute approximate surface area is 553 Å². The Morgan fingerprint density at radius 2 is 1.11 bits per heavy atom. The minimum atomic E-state index is -6.37. The third-order valence-corrected chi connectivity index (χ3v) is 17.1. The van der Waals surface area contributed by atoms with Gasteiger partial charge in [0.2, 0.25) is 22.4 Å². The van der Waals surface area contributed by atoms with E-state index in [0.717, 1.165) is 52.1 Å². The van der Waals surface area contributed by atoms with Crippen molar-refractivity contribution in [1.29, 1.82) is 0 Å². The summed E-state index contributed by atoms with van der Waals surface area (Å²) in [6.45, 7) is 6.94. The fourth-order valence-corrected chi connectivity index (χ4v) is 11.6. The minimum Gasteiger partial charge on any atom is -0.497 e. The van der Waals surface area contributed by atoms with Gasteiger partial charge >= 0.3 is 39.8 Å². The van der Waals surface area contributed by atoms with E-state index in [1.165, 1.54) is 13.1 Å². The standard InChI is InChI=1S/C31H30F2N2O5.C23H25NO4.C16H12F5NO6S/c1-3-39-30(37)25-17-34(21-12-13-21)28-23(27(33)26(32)15-24(28)29(25)36)11-7-10-22-14-19(2)16-35(22)31(38)40-18-20-8-5-4-6-9-20;1-3-7-20-14-22(27-16-19-10-12-21(26-2)13-11-19)15-24(20)23(25)28-17-18-8-5-4-6-9-18;1-2-27-15(24)9-6-22(7-3-4-7)12-8(13(9)23)5-10(17)11(18)14(12)28-29(25,26)16(19,20)21/h4-6,8-9,15,17,19,21-22H,3,10,12-14,16,18H2,1-2H3;1,4-6,8-13,20,22H,7,14-17H2,2H3;5-7H,2-4H2,1H3/t19-,22-;20-,22-;/m11./s1. The van der Waals surface area contributed by atoms with E-state index >= 15 is 4.39 Å². The number of terminal acetylenes is 1. The van der Waals surface area contributed by atoms with E-state index in [0.29, 0.717) is 57.9 Å². The molecule has 4 aliphatic rings. The van der Waals surface area contributed by atoms with Crippen molar-refractivity contribution in [3.8, 4) is 35.7 Å². The molecule has 11 rings (SSSR count). The molecule has 2 aliphatic carbocycles. The maximum atomic E-state index is 15.2. The van der Waals surface area contributed by atoms with Gasteiger partial charge < -0.3 is 51.5 Å². The number of halogens is 7. The fourth-order valence-electron chi connectivity index (χ4n) is 11.1. The predicted molar refractivity (Wildman–Crippen MR) is 339 cm³/mol. The van der Waals surface area contributed by atoms with E-state index < -0.39 is 96.0 Å². The van der Waals surface area contributed by atoms with Crippen molar-refractivity contribution in [1.82, 2.24) is 18.9 Å². The molecule has 2 aliphatic heterocycles. The number of hydrogen-bond acceptors (Lipinski definition) is 15. The Kier molecular flexibility index (Phi) is 23.1. The minimum absolute atomic E-state index is 0.0610. The molecule has 7 aromatic rings. The second-order valence-corrected chi connectivity index (χ2v) is 24.8. The molecule has 0 spiro atoms. The van der Waals surface area contributed by atoms with E-state index in [9.17, 15) is 63.5 Å². The molecule has 5 aromatic carbocycles. The molecule has 0 unspecified atom stereocenters. The van der Waals surface area contributed by atoms with Crippen LogP contribution in [0.2, 0.25) is 0 Å². The molecule has 97 heavy (non-hydrogen) atoms. The average molecular weight is 1370 g/mol. The second kappa shape index (κ2) is 31.3. The van der Waals surface area contributed by atoms with Crippen molar-refractivity contribution in [2.45, 2.75) is 128 Å². The predicted octanol–water partition coefficient (Wildman–Crippen LogP) is 12.6. The van der Waals surface area contributed by atoms with Gasteiger partial charge in [0.05, 0.1) is 61.4 Å². The topological polar surface area (TPSA) is 218 Å². The number of fused-ring (bicyclic) bond motifs is 2. The summed E-state index contributed by atoms with van der Waals surface area (Å²) < 4.78 is 157. The van der Waals surface area contributed by atoms with Crippen LogP contribution >= 0.6 is 0 Å². The van der Waals surface area contributed by atoms with Crippen LogP contribution in [-0.2, 0) is 53.6 Å². The van der Waals surface area contributed by atoms with Crippen LogP contribution in [0.4, 0.5) is 40.3 Å². The van der Waals surface area contributed by atoms with E-state index in [2.05, 4.69) is 21.9 Å². The first-order valence-electron chi connectivity index (χ1n) is 31.0. The first-order chi connectivity index (χ1) is 46.4. The lowest BCUT2D eigenvalue weighted by atomic mass is 10.0. The highest BCUT2D eigenvalue weighted by Crippen LogP contribution is 2.43. The van der Waals surface area contributed by atoms with Gasteiger partial charge in [0.1, 0.15) is 35.6 Å². The van der Waals surface area contributed by atoms with Gasteiger partial charge in [-0.3, -0.25) is 9.59 Å². The smallest absolute Gasteiger partial charge is 0.497 e. The molecule has 2 amide bonds. The monoisotopic (exact) mass is 1370 g/mol. The average Bonchev–Trinajstić information content (AvgIpc) is 1.71. The Morgan fingerprint density at radius 1 is 0.629 bits per heavy atom. The molecular weight excluding hydrogens is 1300 g/mol. The zero-order valence-corrected chi connectivity index (χ0v) is 53.8. The van der Waals surface area contributed by atoms with Gasteiger partial charge in [0.15, 0.2) is 17.5 Å². The summed E-state index contributed by atoms with van der Waals surface area (Å²) in [7, 11) is -4.73. The summed E-state index contributed by atoms with van der Waals surface area (Å²) >= 11 is 0. The molecular formula is C70H67F7N4O15S. The molecule has 2 saturated heterocycles. The number of hydrogen-bond donors (Lipinski definition) is 0. The Morgan fingerprint density at radius 3 is 1.61 bits per heavy atom. The lowest BCUT2D eigenvalue weighted by Gasteiger charge is -2.22. The first kappa shape index (κ1) is 71.4. The van der Waals surface area contributed by atoms with Crippen LogP contribution in [0.15, 0.2) is 119 Å². The van der Waals surface area contributed by atoms with E-state index in [4.69, 9.17) is 34.8 Å². The number of aromatic nitrogens is 2. The summed E-state index contributed by atoms with van der Waals surface area (Å²) in [5, 5.41) is -0.852. The first-order valence-corrected chi connectivity index (χ1v) is 32.4. The molecule has 2 saturated carbocycles. The molecule has 4 fully saturated rings. The number of methoxy groups -OCH3 is 1. The molecule has 4 heterocycles. The number of esters is 2. The number of carbonyl (C=O) groups is 4. The quantitative estimate of drug-likeness (QED) is 0.0195. The van der Waals surface area contributed by atoms with Gasteiger partial charge in [-0.05, 0) is 99.2 Å². The highest BCUT2D eigenvalue weighted by atomic mass is 32.2. The number of amides is 2. The number of alkyl halides is 3. The van der Waals surface area contributed by atoms with Crippen LogP contribution in [0.5, 0.6) is 11.5 Å². The largest absolute Gasteiger partial charge is 0.534 e. The van der Waals surface area contributed by atoms with Crippen LogP contribution in [0.3, 0.4) is 0 Å². The van der Waals surface area contributed by atoms with Crippen LogP contribution < -0.4 is 19.8 Å². The maximum Gasteiger partial charge on any atom is 0.534 e. The van der Waals surface area contributed by atoms with Crippen LogP contribution in [0, 0.1) is 53.4 Å². The van der Waals surface area contributed by atoms with Crippen LogP contribution in [-0.4, -0.2) is 109 Å². The van der Waals surface area contributed by atoms with Gasteiger partial charge in [-0.1, -0.05) is 91.6 Å². The lowest BCUT2D eigenvalue weighted by Crippen LogP contribution is -2.36. The number of pyridine rings is 2. The molecule has 0 radical (unpaired) electrons. The Hall–Kier alpha value is -9.86. The van der Waals surface area contributed by atoms with E-state index in [1.54, 1.807) is 28.4 Å². The normalized spacial score (nSPS) is 17.3. The third-order valence-electron chi connectivity index (χ3n) is 16.1. The molecule has 0 bridgehead atoms. The molecule has 19 nitrogen and oxygen atoms in total. The Bertz CT molecular complexity index is 4410. The van der Waals surface area contributed by atoms with Gasteiger partial charge in [-0.15, -0.1) is 12.3 Å². The molecule has 27 heteroatoms. The van der Waals surface area contributed by atoms with Crippen molar-refractivity contribution < 1.29 is 90.9 Å². The zero-order valence-electron chi connectivity index (χ0n) is 53.0. The van der Waals surface area contributed by atoms with E-state index in [-0.39, 0.29) is 91.1 Å². The maximum absolute atomic E-state index is 15.2. The number of likely N-dealkylation sites (tertiary alicyclic amines) is 2. The van der Waals surface area contributed by atoms with E-state index in [1.807, 2.05) is 91.9 Å². The summed E-state index contributed by atoms with van der Waals surface area (Å²) in [4.78, 5) is 78.9. The van der Waals surface area contributed by atoms with Crippen LogP contribution in [0.25, 0.3) is 21.8 Å². The SMILES string of the molecule is C#CC[C@@H]1C[C@@H](OCc2ccc(OC)cc2)CN1C(=O)OCc1ccccc1.CCOC(=O)c1cn(C2CC2)c2c(C#CC[C@@H]3C[C@@H](C)CN3C(=O)OCc3ccccc3)c(F)c(F)cc2c1=O.CCOC(=O)c1cn(C2CC2)c2c(OS(=O)(=O)C(F)(F)F)c(F)c(F)cc2c1=O.